The first-order chi connectivity index (χ1) is 43.6. The second kappa shape index (κ2) is 61.6. The van der Waals surface area contributed by atoms with Crippen molar-refractivity contribution in [3.8, 4) is 0 Å². The van der Waals surface area contributed by atoms with E-state index in [4.69, 9.17) is 37.0 Å². The first-order valence-corrected chi connectivity index (χ1v) is 40.2. The number of hydrogen-bond acceptors (Lipinski definition) is 15. The van der Waals surface area contributed by atoms with Crippen LogP contribution in [0.1, 0.15) is 357 Å². The van der Waals surface area contributed by atoms with Crippen molar-refractivity contribution in [2.24, 2.45) is 23.7 Å². The highest BCUT2D eigenvalue weighted by atomic mass is 31.2. The van der Waals surface area contributed by atoms with Crippen molar-refractivity contribution in [3.63, 3.8) is 0 Å². The molecule has 0 aromatic heterocycles. The minimum Gasteiger partial charge on any atom is -0.462 e. The monoisotopic (exact) mass is 1340 g/mol. The molecule has 540 valence electrons. The van der Waals surface area contributed by atoms with E-state index in [0.29, 0.717) is 31.6 Å². The summed E-state index contributed by atoms with van der Waals surface area (Å²) in [7, 11) is -9.90. The smallest absolute Gasteiger partial charge is 0.462 e. The molecule has 3 N–H and O–H groups in total. The van der Waals surface area contributed by atoms with Crippen LogP contribution in [0.5, 0.6) is 0 Å². The SMILES string of the molecule is CCC(C)CCCCCCCCC(=O)O[C@H](COC(=O)CCCCCCCCCCCCCCCCC(C)C)COP(=O)(O)OCC(O)COP(=O)(O)OC[C@@H](COC(=O)CCCCCCCCCC(C)C)OC(=O)CCCCCCCCCCCCCC(C)C. The molecule has 0 aliphatic heterocycles. The predicted octanol–water partition coefficient (Wildman–Crippen LogP) is 20.5. The molecule has 0 radical (unpaired) electrons. The van der Waals surface area contributed by atoms with Crippen LogP contribution in [0.4, 0.5) is 0 Å². The van der Waals surface area contributed by atoms with Crippen LogP contribution < -0.4 is 0 Å². The Morgan fingerprint density at radius 2 is 0.527 bits per heavy atom. The second-order valence-electron chi connectivity index (χ2n) is 27.6. The Hall–Kier alpha value is -1.94. The van der Waals surface area contributed by atoms with E-state index in [-0.39, 0.29) is 25.7 Å². The summed E-state index contributed by atoms with van der Waals surface area (Å²) in [6.07, 6.45) is 44.6. The van der Waals surface area contributed by atoms with Gasteiger partial charge in [-0.25, -0.2) is 9.13 Å². The number of hydrogen-bond donors (Lipinski definition) is 3. The number of carbonyl (C=O) groups is 4. The van der Waals surface area contributed by atoms with Crippen molar-refractivity contribution in [2.45, 2.75) is 375 Å². The van der Waals surface area contributed by atoms with E-state index in [9.17, 15) is 43.2 Å². The van der Waals surface area contributed by atoms with Gasteiger partial charge in [0.25, 0.3) is 0 Å². The molecule has 0 spiro atoms. The third kappa shape index (κ3) is 65.1. The third-order valence-corrected chi connectivity index (χ3v) is 18.8. The van der Waals surface area contributed by atoms with Crippen molar-refractivity contribution < 1.29 is 80.2 Å². The Labute approximate surface area is 556 Å². The molecular weight excluding hydrogens is 1200 g/mol. The lowest BCUT2D eigenvalue weighted by Crippen LogP contribution is -2.30. The highest BCUT2D eigenvalue weighted by Gasteiger charge is 2.30. The average molecular weight is 1340 g/mol. The average Bonchev–Trinajstić information content (AvgIpc) is 3.58. The van der Waals surface area contributed by atoms with E-state index in [0.717, 1.165) is 114 Å². The summed E-state index contributed by atoms with van der Waals surface area (Å²) in [6.45, 7) is 14.1. The molecule has 6 atom stereocenters. The lowest BCUT2D eigenvalue weighted by Gasteiger charge is -2.21. The molecule has 4 unspecified atom stereocenters. The number of aliphatic hydroxyl groups is 1. The van der Waals surface area contributed by atoms with Crippen molar-refractivity contribution in [3.05, 3.63) is 0 Å². The lowest BCUT2D eigenvalue weighted by molar-refractivity contribution is -0.161. The van der Waals surface area contributed by atoms with Gasteiger partial charge < -0.3 is 33.8 Å². The summed E-state index contributed by atoms with van der Waals surface area (Å²) in [5.74, 6) is 0.860. The van der Waals surface area contributed by atoms with Gasteiger partial charge in [0, 0.05) is 25.7 Å². The third-order valence-electron chi connectivity index (χ3n) is 16.9. The van der Waals surface area contributed by atoms with Crippen molar-refractivity contribution in [2.75, 3.05) is 39.6 Å². The topological polar surface area (TPSA) is 237 Å². The number of ether oxygens (including phenoxy) is 4. The fourth-order valence-corrected chi connectivity index (χ4v) is 12.4. The Morgan fingerprint density at radius 3 is 0.780 bits per heavy atom. The molecule has 0 saturated heterocycles. The first-order valence-electron chi connectivity index (χ1n) is 37.2. The molecule has 91 heavy (non-hydrogen) atoms. The molecule has 0 saturated carbocycles. The molecule has 0 amide bonds. The van der Waals surface area contributed by atoms with Gasteiger partial charge in [-0.1, -0.05) is 306 Å². The van der Waals surface area contributed by atoms with Crippen LogP contribution in [0.2, 0.25) is 0 Å². The van der Waals surface area contributed by atoms with Crippen LogP contribution in [0, 0.1) is 23.7 Å². The first kappa shape index (κ1) is 89.1. The molecule has 19 heteroatoms. The summed E-state index contributed by atoms with van der Waals surface area (Å²) >= 11 is 0. The van der Waals surface area contributed by atoms with Crippen LogP contribution in [-0.4, -0.2) is 96.7 Å². The highest BCUT2D eigenvalue weighted by Crippen LogP contribution is 2.45. The minimum absolute atomic E-state index is 0.103. The number of carbonyl (C=O) groups excluding carboxylic acids is 4. The number of phosphoric ester groups is 2. The van der Waals surface area contributed by atoms with E-state index in [1.165, 1.54) is 154 Å². The molecule has 0 aromatic carbocycles. The van der Waals surface area contributed by atoms with Crippen molar-refractivity contribution in [1.82, 2.24) is 0 Å². The highest BCUT2D eigenvalue weighted by molar-refractivity contribution is 7.47. The summed E-state index contributed by atoms with van der Waals surface area (Å²) in [4.78, 5) is 72.6. The van der Waals surface area contributed by atoms with E-state index in [1.54, 1.807) is 0 Å². The van der Waals surface area contributed by atoms with Gasteiger partial charge in [-0.05, 0) is 49.4 Å². The predicted molar refractivity (Wildman–Crippen MR) is 367 cm³/mol. The van der Waals surface area contributed by atoms with Crippen LogP contribution in [0.25, 0.3) is 0 Å². The van der Waals surface area contributed by atoms with Crippen LogP contribution in [0.15, 0.2) is 0 Å². The Bertz CT molecular complexity index is 1800. The van der Waals surface area contributed by atoms with E-state index in [2.05, 4.69) is 55.4 Å². The summed E-state index contributed by atoms with van der Waals surface area (Å²) in [6, 6.07) is 0. The van der Waals surface area contributed by atoms with Gasteiger partial charge in [-0.2, -0.15) is 0 Å². The largest absolute Gasteiger partial charge is 0.472 e. The molecule has 0 aliphatic carbocycles. The lowest BCUT2D eigenvalue weighted by atomic mass is 10.00. The summed E-state index contributed by atoms with van der Waals surface area (Å²) < 4.78 is 68.3. The number of rotatable bonds is 69. The van der Waals surface area contributed by atoms with Crippen LogP contribution in [-0.2, 0) is 65.4 Å². The van der Waals surface area contributed by atoms with Gasteiger partial charge in [0.05, 0.1) is 26.4 Å². The summed E-state index contributed by atoms with van der Waals surface area (Å²) in [5.41, 5.74) is 0. The Balaban J connectivity index is 5.21. The van der Waals surface area contributed by atoms with Gasteiger partial charge in [-0.3, -0.25) is 37.3 Å². The van der Waals surface area contributed by atoms with E-state index < -0.39 is 97.5 Å². The van der Waals surface area contributed by atoms with Gasteiger partial charge in [0.2, 0.25) is 0 Å². The van der Waals surface area contributed by atoms with E-state index in [1.807, 2.05) is 0 Å². The number of phosphoric acid groups is 2. The maximum atomic E-state index is 13.0. The van der Waals surface area contributed by atoms with Gasteiger partial charge >= 0.3 is 39.5 Å². The zero-order valence-corrected chi connectivity index (χ0v) is 61.3. The van der Waals surface area contributed by atoms with E-state index >= 15 is 0 Å². The zero-order valence-electron chi connectivity index (χ0n) is 59.5. The van der Waals surface area contributed by atoms with Gasteiger partial charge in [0.1, 0.15) is 19.3 Å². The maximum absolute atomic E-state index is 13.0. The zero-order chi connectivity index (χ0) is 67.5. The number of unbranched alkanes of at least 4 members (excludes halogenated alkanes) is 34. The molecule has 0 aliphatic rings. The fraction of sp³-hybridized carbons (Fsp3) is 0.944. The van der Waals surface area contributed by atoms with Crippen molar-refractivity contribution in [1.29, 1.82) is 0 Å². The molecule has 0 fully saturated rings. The molecule has 0 rings (SSSR count). The Morgan fingerprint density at radius 1 is 0.308 bits per heavy atom. The Kier molecular flexibility index (Phi) is 60.3. The number of aliphatic hydroxyl groups excluding tert-OH is 1. The minimum atomic E-state index is -4.95. The maximum Gasteiger partial charge on any atom is 0.472 e. The van der Waals surface area contributed by atoms with Gasteiger partial charge in [0.15, 0.2) is 12.2 Å². The van der Waals surface area contributed by atoms with Crippen LogP contribution >= 0.6 is 15.6 Å². The molecular formula is C72H140O17P2. The van der Waals surface area contributed by atoms with Gasteiger partial charge in [-0.15, -0.1) is 0 Å². The number of esters is 4. The quantitative estimate of drug-likeness (QED) is 0.0222. The standard InChI is InChI=1S/C72H140O17P2/c1-9-65(8)51-43-35-30-31-39-47-55-72(77)89-68(59-82-69(74)52-44-36-27-21-17-13-11-10-12-15-19-24-32-40-48-62(2)3)61-87-91(80,81)85-57-66(73)56-84-90(78,79)86-60-67(58-83-70(75)53-45-37-29-23-26-34-42-50-64(6)7)88-71(76)54-46-38-28-22-18-14-16-20-25-33-41-49-63(4)5/h62-68,73H,9-61H2,1-8H3,(H,78,79)(H,80,81)/t65?,66?,67-,68-/m1/s1. The normalized spacial score (nSPS) is 14.5. The molecule has 0 aromatic rings. The summed E-state index contributed by atoms with van der Waals surface area (Å²) in [5, 5.41) is 10.6. The fourth-order valence-electron chi connectivity index (χ4n) is 10.8. The van der Waals surface area contributed by atoms with Crippen molar-refractivity contribution >= 4 is 39.5 Å². The second-order valence-corrected chi connectivity index (χ2v) is 30.6. The molecule has 0 heterocycles. The molecule has 0 bridgehead atoms. The molecule has 17 nitrogen and oxygen atoms in total. The van der Waals surface area contributed by atoms with Crippen LogP contribution in [0.3, 0.4) is 0 Å².